The predicted molar refractivity (Wildman–Crippen MR) is 100 cm³/mol. The van der Waals surface area contributed by atoms with Gasteiger partial charge in [0.05, 0.1) is 19.0 Å². The van der Waals surface area contributed by atoms with Gasteiger partial charge < -0.3 is 4.74 Å². The Balaban J connectivity index is 1.47. The molecule has 1 heterocycles. The van der Waals surface area contributed by atoms with Gasteiger partial charge in [0.2, 0.25) is 10.0 Å². The van der Waals surface area contributed by atoms with Crippen molar-refractivity contribution in [2.45, 2.75) is 56.2 Å². The lowest BCUT2D eigenvalue weighted by molar-refractivity contribution is -0.00243. The van der Waals surface area contributed by atoms with Crippen molar-refractivity contribution in [3.63, 3.8) is 0 Å². The smallest absolute Gasteiger partial charge is 0.209 e. The fraction of sp³-hybridized carbons (Fsp3) is 0.684. The Morgan fingerprint density at radius 3 is 2.44 bits per heavy atom. The maximum Gasteiger partial charge on any atom is 0.209 e. The second-order valence-corrected chi connectivity index (χ2v) is 9.33. The maximum atomic E-state index is 11.5. The quantitative estimate of drug-likeness (QED) is 0.840. The molecule has 0 bridgehead atoms. The molecule has 0 spiro atoms. The third-order valence-electron chi connectivity index (χ3n) is 5.64. The van der Waals surface area contributed by atoms with E-state index in [1.165, 1.54) is 24.7 Å². The zero-order valence-corrected chi connectivity index (χ0v) is 16.0. The Bertz CT molecular complexity index is 642. The van der Waals surface area contributed by atoms with Crippen LogP contribution in [0.25, 0.3) is 0 Å². The van der Waals surface area contributed by atoms with Gasteiger partial charge in [-0.15, -0.1) is 0 Å². The van der Waals surface area contributed by atoms with E-state index in [-0.39, 0.29) is 12.1 Å². The Kier molecular flexibility index (Phi) is 6.15. The first-order chi connectivity index (χ1) is 11.9. The van der Waals surface area contributed by atoms with Crippen molar-refractivity contribution in [1.29, 1.82) is 0 Å². The molecule has 1 aliphatic carbocycles. The molecule has 1 saturated carbocycles. The van der Waals surface area contributed by atoms with Crippen LogP contribution in [-0.2, 0) is 14.8 Å². The zero-order chi connectivity index (χ0) is 17.9. The molecular weight excluding hydrogens is 336 g/mol. The third-order valence-corrected chi connectivity index (χ3v) is 6.37. The molecule has 3 rings (SSSR count). The number of likely N-dealkylation sites (N-methyl/N-ethyl adjacent to an activating group) is 1. The van der Waals surface area contributed by atoms with Gasteiger partial charge >= 0.3 is 0 Å². The molecular formula is C19H30N2O3S. The number of benzene rings is 1. The minimum atomic E-state index is -3.18. The minimum Gasteiger partial charge on any atom is -0.377 e. The molecule has 2 fully saturated rings. The van der Waals surface area contributed by atoms with Gasteiger partial charge in [-0.25, -0.2) is 13.1 Å². The summed E-state index contributed by atoms with van der Waals surface area (Å²) in [6, 6.07) is 10.8. The van der Waals surface area contributed by atoms with Crippen LogP contribution in [0.15, 0.2) is 30.3 Å². The molecule has 1 aromatic carbocycles. The normalized spacial score (nSPS) is 31.3. The Morgan fingerprint density at radius 1 is 1.12 bits per heavy atom. The number of sulfonamides is 1. The van der Waals surface area contributed by atoms with E-state index in [9.17, 15) is 8.42 Å². The molecule has 1 aliphatic heterocycles. The molecule has 1 N–H and O–H groups in total. The number of likely N-dealkylation sites (tertiary alicyclic amines) is 1. The van der Waals surface area contributed by atoms with Crippen molar-refractivity contribution < 1.29 is 13.2 Å². The van der Waals surface area contributed by atoms with Gasteiger partial charge in [0, 0.05) is 12.1 Å². The summed E-state index contributed by atoms with van der Waals surface area (Å²) in [6.07, 6.45) is 6.88. The summed E-state index contributed by atoms with van der Waals surface area (Å²) >= 11 is 0. The van der Waals surface area contributed by atoms with Crippen molar-refractivity contribution in [3.05, 3.63) is 35.9 Å². The second kappa shape index (κ2) is 8.16. The molecule has 1 saturated heterocycles. The average Bonchev–Trinajstić information content (AvgIpc) is 2.92. The highest BCUT2D eigenvalue weighted by Crippen LogP contribution is 2.34. The van der Waals surface area contributed by atoms with Gasteiger partial charge in [-0.05, 0) is 57.2 Å². The van der Waals surface area contributed by atoms with Crippen molar-refractivity contribution in [3.8, 4) is 0 Å². The lowest BCUT2D eigenvalue weighted by Gasteiger charge is -2.31. The highest BCUT2D eigenvalue weighted by atomic mass is 32.2. The van der Waals surface area contributed by atoms with E-state index >= 15 is 0 Å². The third kappa shape index (κ3) is 5.26. The molecule has 2 atom stereocenters. The summed E-state index contributed by atoms with van der Waals surface area (Å²) in [5, 5.41) is 0. The van der Waals surface area contributed by atoms with E-state index in [1.54, 1.807) is 0 Å². The topological polar surface area (TPSA) is 58.6 Å². The van der Waals surface area contributed by atoms with Crippen LogP contribution in [0.3, 0.4) is 0 Å². The van der Waals surface area contributed by atoms with Gasteiger partial charge in [-0.1, -0.05) is 30.3 Å². The summed E-state index contributed by atoms with van der Waals surface area (Å²) in [4.78, 5) is 2.21. The number of ether oxygens (including phenoxy) is 1. The van der Waals surface area contributed by atoms with E-state index < -0.39 is 10.0 Å². The highest BCUT2D eigenvalue weighted by molar-refractivity contribution is 7.88. The standard InChI is InChI=1S/C19H30N2O3S/c1-21-13-12-18(20-25(2,22)23)19(21)14-24-17-10-8-16(9-11-17)15-6-4-3-5-7-15/h3-7,16-20H,8-14H2,1-2H3/t16?,17?,18-,19-/m0/s1. The summed E-state index contributed by atoms with van der Waals surface area (Å²) in [7, 11) is -1.13. The largest absolute Gasteiger partial charge is 0.377 e. The summed E-state index contributed by atoms with van der Waals surface area (Å²) < 4.78 is 32.0. The molecule has 0 aromatic heterocycles. The molecule has 6 heteroatoms. The molecule has 0 amide bonds. The minimum absolute atomic E-state index is 0.0411. The SMILES string of the molecule is CN1CC[C@H](NS(C)(=O)=O)[C@@H]1COC1CCC(c2ccccc2)CC1. The first-order valence-electron chi connectivity index (χ1n) is 9.26. The van der Waals surface area contributed by atoms with Crippen LogP contribution in [-0.4, -0.2) is 58.0 Å². The molecule has 5 nitrogen and oxygen atoms in total. The van der Waals surface area contributed by atoms with Crippen LogP contribution in [0, 0.1) is 0 Å². The molecule has 140 valence electrons. The van der Waals surface area contributed by atoms with Crippen LogP contribution in [0.5, 0.6) is 0 Å². The number of hydrogen-bond acceptors (Lipinski definition) is 4. The van der Waals surface area contributed by atoms with Gasteiger partial charge in [0.15, 0.2) is 0 Å². The first-order valence-corrected chi connectivity index (χ1v) is 11.2. The van der Waals surface area contributed by atoms with Crippen molar-refractivity contribution in [2.75, 3.05) is 26.5 Å². The van der Waals surface area contributed by atoms with Crippen molar-refractivity contribution >= 4 is 10.0 Å². The van der Waals surface area contributed by atoms with Gasteiger partial charge in [-0.3, -0.25) is 4.90 Å². The zero-order valence-electron chi connectivity index (χ0n) is 15.2. The van der Waals surface area contributed by atoms with E-state index in [0.717, 1.165) is 25.8 Å². The van der Waals surface area contributed by atoms with Gasteiger partial charge in [0.25, 0.3) is 0 Å². The monoisotopic (exact) mass is 366 g/mol. The van der Waals surface area contributed by atoms with E-state index in [1.807, 2.05) is 7.05 Å². The number of rotatable bonds is 6. The second-order valence-electron chi connectivity index (χ2n) is 7.55. The van der Waals surface area contributed by atoms with E-state index in [0.29, 0.717) is 18.6 Å². The fourth-order valence-electron chi connectivity index (χ4n) is 4.19. The highest BCUT2D eigenvalue weighted by Gasteiger charge is 2.34. The summed E-state index contributed by atoms with van der Waals surface area (Å²) in [5.41, 5.74) is 1.44. The van der Waals surface area contributed by atoms with E-state index in [2.05, 4.69) is 40.0 Å². The molecule has 0 radical (unpaired) electrons. The first kappa shape index (κ1) is 18.8. The van der Waals surface area contributed by atoms with Crippen LogP contribution in [0.1, 0.15) is 43.6 Å². The van der Waals surface area contributed by atoms with Gasteiger partial charge in [0.1, 0.15) is 0 Å². The number of nitrogens with zero attached hydrogens (tertiary/aromatic N) is 1. The van der Waals surface area contributed by atoms with E-state index in [4.69, 9.17) is 4.74 Å². The molecule has 2 aliphatic rings. The number of nitrogens with one attached hydrogen (secondary N) is 1. The van der Waals surface area contributed by atoms with Crippen LogP contribution >= 0.6 is 0 Å². The molecule has 25 heavy (non-hydrogen) atoms. The lowest BCUT2D eigenvalue weighted by Crippen LogP contribution is -2.46. The Morgan fingerprint density at radius 2 is 1.80 bits per heavy atom. The van der Waals surface area contributed by atoms with Crippen molar-refractivity contribution in [2.24, 2.45) is 0 Å². The summed E-state index contributed by atoms with van der Waals surface area (Å²) in [6.45, 7) is 1.51. The fourth-order valence-corrected chi connectivity index (χ4v) is 5.01. The lowest BCUT2D eigenvalue weighted by atomic mass is 9.83. The Hall–Kier alpha value is -0.950. The average molecular weight is 367 g/mol. The maximum absolute atomic E-state index is 11.5. The molecule has 0 unspecified atom stereocenters. The Labute approximate surface area is 151 Å². The predicted octanol–water partition coefficient (Wildman–Crippen LogP) is 2.35. The van der Waals surface area contributed by atoms with Crippen LogP contribution in [0.4, 0.5) is 0 Å². The molecule has 1 aromatic rings. The van der Waals surface area contributed by atoms with Crippen molar-refractivity contribution in [1.82, 2.24) is 9.62 Å². The van der Waals surface area contributed by atoms with Gasteiger partial charge in [-0.2, -0.15) is 0 Å². The summed E-state index contributed by atoms with van der Waals surface area (Å²) in [5.74, 6) is 0.648. The van der Waals surface area contributed by atoms with Crippen LogP contribution < -0.4 is 4.72 Å². The number of hydrogen-bond donors (Lipinski definition) is 1. The van der Waals surface area contributed by atoms with Crippen LogP contribution in [0.2, 0.25) is 0 Å².